The molecule has 4 heterocycles. The van der Waals surface area contributed by atoms with E-state index in [9.17, 15) is 24.0 Å². The predicted octanol–water partition coefficient (Wildman–Crippen LogP) is 4.23. The number of thiocarbonyl (C=S) groups is 1. The van der Waals surface area contributed by atoms with Gasteiger partial charge in [0.1, 0.15) is 29.0 Å². The van der Waals surface area contributed by atoms with Gasteiger partial charge < -0.3 is 9.80 Å². The summed E-state index contributed by atoms with van der Waals surface area (Å²) in [5, 5.41) is 9.88. The molecule has 2 aromatic heterocycles. The van der Waals surface area contributed by atoms with Crippen molar-refractivity contribution in [3.05, 3.63) is 108 Å². The van der Waals surface area contributed by atoms with Gasteiger partial charge in [0.25, 0.3) is 17.0 Å². The molecule has 2 aliphatic heterocycles. The Bertz CT molecular complexity index is 2100. The van der Waals surface area contributed by atoms with E-state index in [1.807, 2.05) is 46.2 Å². The lowest BCUT2D eigenvalue weighted by atomic mass is 10.0. The molecule has 46 heavy (non-hydrogen) atoms. The number of amides is 1. The van der Waals surface area contributed by atoms with Gasteiger partial charge in [-0.2, -0.15) is 5.26 Å². The van der Waals surface area contributed by atoms with Crippen LogP contribution in [0.2, 0.25) is 0 Å². The van der Waals surface area contributed by atoms with Crippen LogP contribution in [0.4, 0.5) is 21.6 Å². The van der Waals surface area contributed by atoms with E-state index in [0.717, 1.165) is 11.8 Å². The van der Waals surface area contributed by atoms with Crippen molar-refractivity contribution in [1.82, 2.24) is 13.9 Å². The van der Waals surface area contributed by atoms with E-state index >= 15 is 0 Å². The molecule has 234 valence electrons. The Kier molecular flexibility index (Phi) is 8.18. The quantitative estimate of drug-likeness (QED) is 0.233. The summed E-state index contributed by atoms with van der Waals surface area (Å²) in [5.41, 5.74) is 1.99. The van der Waals surface area contributed by atoms with E-state index in [-0.39, 0.29) is 31.9 Å². The molecule has 2 fully saturated rings. The number of carbonyl (C=O) groups is 1. The van der Waals surface area contributed by atoms with E-state index < -0.39 is 11.5 Å². The van der Waals surface area contributed by atoms with Crippen molar-refractivity contribution in [2.75, 3.05) is 40.9 Å². The van der Waals surface area contributed by atoms with E-state index in [0.29, 0.717) is 60.2 Å². The molecule has 0 aliphatic carbocycles. The van der Waals surface area contributed by atoms with E-state index in [2.05, 4.69) is 0 Å². The summed E-state index contributed by atoms with van der Waals surface area (Å²) >= 11 is 6.71. The SMILES string of the molecule is Cc1c(C=C2SC(=S)N(c3c(C)n(C)n(-c4ccccc4)c3=O)C2=O)c(N2CCN(c3ccccc3F)CC2)n(C)c(=O)c1C#N. The number of piperazine rings is 1. The van der Waals surface area contributed by atoms with Crippen LogP contribution >= 0.6 is 24.0 Å². The Labute approximate surface area is 274 Å². The first-order chi connectivity index (χ1) is 22.0. The summed E-state index contributed by atoms with van der Waals surface area (Å²) in [5.74, 6) is -0.227. The maximum absolute atomic E-state index is 14.5. The van der Waals surface area contributed by atoms with Crippen LogP contribution in [0.1, 0.15) is 22.4 Å². The second kappa shape index (κ2) is 12.1. The summed E-state index contributed by atoms with van der Waals surface area (Å²) in [4.78, 5) is 46.5. The minimum atomic E-state index is -0.469. The Hall–Kier alpha value is -4.93. The molecule has 2 aromatic carbocycles. The standard InChI is InChI=1S/C33H30FN7O3S2/c1-20-23(29(36(3)30(42)24(20)19-35)39-16-14-38(15-17-39)26-13-9-8-12-25(26)34)18-27-31(43)40(33(45)46-27)28-21(2)37(4)41(32(28)44)22-10-6-5-7-11-22/h5-13,18H,14-17H2,1-4H3. The van der Waals surface area contributed by atoms with Crippen LogP contribution in [0.5, 0.6) is 0 Å². The van der Waals surface area contributed by atoms with Crippen LogP contribution in [0.3, 0.4) is 0 Å². The largest absolute Gasteiger partial charge is 0.366 e. The van der Waals surface area contributed by atoms with Crippen molar-refractivity contribution < 1.29 is 9.18 Å². The van der Waals surface area contributed by atoms with E-state index in [1.165, 1.54) is 20.2 Å². The summed E-state index contributed by atoms with van der Waals surface area (Å²) in [7, 11) is 3.35. The second-order valence-electron chi connectivity index (χ2n) is 11.1. The van der Waals surface area contributed by atoms with Gasteiger partial charge in [0.15, 0.2) is 4.32 Å². The molecule has 6 rings (SSSR count). The lowest BCUT2D eigenvalue weighted by molar-refractivity contribution is -0.113. The number of rotatable bonds is 5. The molecule has 2 aliphatic rings. The Morgan fingerprint density at radius 2 is 1.54 bits per heavy atom. The number of benzene rings is 2. The van der Waals surface area contributed by atoms with Crippen molar-refractivity contribution in [2.45, 2.75) is 13.8 Å². The normalized spacial score (nSPS) is 16.1. The highest BCUT2D eigenvalue weighted by molar-refractivity contribution is 8.27. The van der Waals surface area contributed by atoms with Crippen molar-refractivity contribution in [3.63, 3.8) is 0 Å². The van der Waals surface area contributed by atoms with Gasteiger partial charge in [-0.25, -0.2) is 9.07 Å². The minimum absolute atomic E-state index is 0.0253. The van der Waals surface area contributed by atoms with Crippen molar-refractivity contribution >= 4 is 57.5 Å². The van der Waals surface area contributed by atoms with Crippen LogP contribution in [-0.4, -0.2) is 50.3 Å². The first-order valence-corrected chi connectivity index (χ1v) is 15.8. The van der Waals surface area contributed by atoms with Gasteiger partial charge in [-0.15, -0.1) is 0 Å². The summed E-state index contributed by atoms with van der Waals surface area (Å²) in [6, 6.07) is 17.8. The van der Waals surface area contributed by atoms with Crippen LogP contribution in [0.15, 0.2) is 69.1 Å². The number of nitrogens with zero attached hydrogens (tertiary/aromatic N) is 7. The van der Waals surface area contributed by atoms with E-state index in [1.54, 1.807) is 56.9 Å². The second-order valence-corrected chi connectivity index (χ2v) is 12.7. The average molecular weight is 656 g/mol. The molecule has 2 saturated heterocycles. The molecule has 0 radical (unpaired) electrons. The number of thioether (sulfide) groups is 1. The summed E-state index contributed by atoms with van der Waals surface area (Å²) < 4.78 is 19.3. The maximum atomic E-state index is 14.5. The molecule has 0 atom stereocenters. The smallest absolute Gasteiger partial charge is 0.296 e. The highest BCUT2D eigenvalue weighted by Gasteiger charge is 2.38. The van der Waals surface area contributed by atoms with Gasteiger partial charge in [-0.1, -0.05) is 54.3 Å². The number of hydrogen-bond donors (Lipinski definition) is 0. The monoisotopic (exact) mass is 655 g/mol. The Balaban J connectivity index is 1.40. The third-order valence-corrected chi connectivity index (χ3v) is 9.86. The van der Waals surface area contributed by atoms with Crippen molar-refractivity contribution in [3.8, 4) is 11.8 Å². The number of hydrogen-bond acceptors (Lipinski definition) is 8. The van der Waals surface area contributed by atoms with Crippen LogP contribution < -0.4 is 25.8 Å². The molecule has 0 N–H and O–H groups in total. The molecule has 0 saturated carbocycles. The highest BCUT2D eigenvalue weighted by atomic mass is 32.2. The van der Waals surface area contributed by atoms with Gasteiger partial charge in [-0.05, 0) is 49.8 Å². The number of anilines is 3. The van der Waals surface area contributed by atoms with Crippen molar-refractivity contribution in [2.24, 2.45) is 14.1 Å². The van der Waals surface area contributed by atoms with Gasteiger partial charge >= 0.3 is 0 Å². The number of aromatic nitrogens is 3. The highest BCUT2D eigenvalue weighted by Crippen LogP contribution is 2.38. The first-order valence-electron chi connectivity index (χ1n) is 14.5. The van der Waals surface area contributed by atoms with Gasteiger partial charge in [0, 0.05) is 45.8 Å². The molecule has 0 unspecified atom stereocenters. The molecule has 4 aromatic rings. The fraction of sp³-hybridized carbons (Fsp3) is 0.242. The number of nitriles is 1. The van der Waals surface area contributed by atoms with Gasteiger partial charge in [0.2, 0.25) is 0 Å². The Morgan fingerprint density at radius 3 is 2.20 bits per heavy atom. The number of para-hydroxylation sites is 2. The molecule has 1 amide bonds. The lowest BCUT2D eigenvalue weighted by Gasteiger charge is -2.38. The molecular formula is C33H30FN7O3S2. The molecule has 0 spiro atoms. The fourth-order valence-electron chi connectivity index (χ4n) is 6.06. The maximum Gasteiger partial charge on any atom is 0.296 e. The van der Waals surface area contributed by atoms with Gasteiger partial charge in [0.05, 0.1) is 22.0 Å². The average Bonchev–Trinajstić information content (AvgIpc) is 3.45. The van der Waals surface area contributed by atoms with Crippen molar-refractivity contribution in [1.29, 1.82) is 5.26 Å². The first kappa shape index (κ1) is 31.1. The lowest BCUT2D eigenvalue weighted by Crippen LogP contribution is -2.48. The topological polar surface area (TPSA) is 99.5 Å². The fourth-order valence-corrected chi connectivity index (χ4v) is 7.32. The summed E-state index contributed by atoms with van der Waals surface area (Å²) in [6.45, 7) is 5.38. The predicted molar refractivity (Wildman–Crippen MR) is 183 cm³/mol. The zero-order chi connectivity index (χ0) is 32.9. The third kappa shape index (κ3) is 5.03. The third-order valence-electron chi connectivity index (χ3n) is 8.56. The van der Waals surface area contributed by atoms with Crippen LogP contribution in [0, 0.1) is 31.0 Å². The number of halogens is 1. The molecule has 10 nitrogen and oxygen atoms in total. The zero-order valence-electron chi connectivity index (χ0n) is 25.7. The molecule has 13 heteroatoms. The minimum Gasteiger partial charge on any atom is -0.366 e. The van der Waals surface area contributed by atoms with E-state index in [4.69, 9.17) is 12.2 Å². The number of pyridine rings is 1. The van der Waals surface area contributed by atoms with Gasteiger partial charge in [-0.3, -0.25) is 28.5 Å². The van der Waals surface area contributed by atoms with Crippen LogP contribution in [-0.2, 0) is 18.9 Å². The molecule has 0 bridgehead atoms. The number of carbonyl (C=O) groups excluding carboxylic acids is 1. The Morgan fingerprint density at radius 1 is 0.913 bits per heavy atom. The van der Waals surface area contributed by atoms with Crippen LogP contribution in [0.25, 0.3) is 11.8 Å². The zero-order valence-corrected chi connectivity index (χ0v) is 27.3. The molecular weight excluding hydrogens is 626 g/mol. The summed E-state index contributed by atoms with van der Waals surface area (Å²) in [6.07, 6.45) is 1.65.